The predicted molar refractivity (Wildman–Crippen MR) is 87.7 cm³/mol. The monoisotopic (exact) mass is 301 g/mol. The lowest BCUT2D eigenvalue weighted by molar-refractivity contribution is -0.138. The smallest absolute Gasteiger partial charge is 0.223 e. The molecular formula is C19H27NO2. The first-order valence-electron chi connectivity index (χ1n) is 8.66. The molecule has 0 radical (unpaired) electrons. The molecule has 2 unspecified atom stereocenters. The largest absolute Gasteiger partial charge is 0.381 e. The summed E-state index contributed by atoms with van der Waals surface area (Å²) in [6, 6.07) is 11.4. The molecule has 0 aliphatic carbocycles. The van der Waals surface area contributed by atoms with Gasteiger partial charge in [0, 0.05) is 25.6 Å². The van der Waals surface area contributed by atoms with Crippen LogP contribution in [-0.2, 0) is 16.0 Å². The number of unbranched alkanes of at least 4 members (excludes halogenated alkanes) is 1. The maximum absolute atomic E-state index is 12.6. The van der Waals surface area contributed by atoms with E-state index < -0.39 is 0 Å². The number of rotatable bonds is 6. The van der Waals surface area contributed by atoms with Gasteiger partial charge >= 0.3 is 0 Å². The number of hydrogen-bond acceptors (Lipinski definition) is 2. The van der Waals surface area contributed by atoms with E-state index in [1.54, 1.807) is 7.11 Å². The van der Waals surface area contributed by atoms with Crippen molar-refractivity contribution in [2.24, 2.45) is 0 Å². The summed E-state index contributed by atoms with van der Waals surface area (Å²) in [4.78, 5) is 14.7. The highest BCUT2D eigenvalue weighted by molar-refractivity contribution is 5.77. The molecule has 1 aromatic rings. The van der Waals surface area contributed by atoms with Gasteiger partial charge in [-0.1, -0.05) is 30.3 Å². The number of amides is 1. The van der Waals surface area contributed by atoms with Crippen molar-refractivity contribution in [3.05, 3.63) is 35.9 Å². The van der Waals surface area contributed by atoms with Gasteiger partial charge in [0.05, 0.1) is 6.10 Å². The Morgan fingerprint density at radius 2 is 1.82 bits per heavy atom. The summed E-state index contributed by atoms with van der Waals surface area (Å²) < 4.78 is 5.51. The van der Waals surface area contributed by atoms with Gasteiger partial charge in [0.25, 0.3) is 0 Å². The van der Waals surface area contributed by atoms with Crippen molar-refractivity contribution < 1.29 is 9.53 Å². The number of piperidine rings is 1. The summed E-state index contributed by atoms with van der Waals surface area (Å²) >= 11 is 0. The lowest BCUT2D eigenvalue weighted by Crippen LogP contribution is -2.48. The predicted octanol–water partition coefficient (Wildman–Crippen LogP) is 3.57. The fourth-order valence-corrected chi connectivity index (χ4v) is 4.11. The van der Waals surface area contributed by atoms with Gasteiger partial charge in [0.1, 0.15) is 0 Å². The summed E-state index contributed by atoms with van der Waals surface area (Å²) in [5, 5.41) is 0. The van der Waals surface area contributed by atoms with Crippen molar-refractivity contribution >= 4 is 5.91 Å². The summed E-state index contributed by atoms with van der Waals surface area (Å²) in [5.74, 6) is 0.370. The minimum atomic E-state index is 0.361. The molecule has 0 spiro atoms. The number of ether oxygens (including phenoxy) is 1. The average molecular weight is 301 g/mol. The maximum atomic E-state index is 12.6. The van der Waals surface area contributed by atoms with E-state index in [1.165, 1.54) is 18.4 Å². The van der Waals surface area contributed by atoms with Crippen molar-refractivity contribution in [2.75, 3.05) is 7.11 Å². The van der Waals surface area contributed by atoms with Crippen LogP contribution in [0.1, 0.15) is 50.5 Å². The Morgan fingerprint density at radius 3 is 2.45 bits per heavy atom. The van der Waals surface area contributed by atoms with E-state index in [0.717, 1.165) is 32.1 Å². The molecule has 1 amide bonds. The number of aryl methyl sites for hydroxylation is 1. The number of benzene rings is 1. The molecule has 3 heteroatoms. The second-order valence-corrected chi connectivity index (χ2v) is 6.71. The Kier molecular flexibility index (Phi) is 5.14. The fraction of sp³-hybridized carbons (Fsp3) is 0.632. The van der Waals surface area contributed by atoms with E-state index in [-0.39, 0.29) is 0 Å². The zero-order chi connectivity index (χ0) is 15.4. The van der Waals surface area contributed by atoms with Gasteiger partial charge < -0.3 is 9.64 Å². The molecule has 2 fully saturated rings. The van der Waals surface area contributed by atoms with Crippen LogP contribution >= 0.6 is 0 Å². The van der Waals surface area contributed by atoms with E-state index in [0.29, 0.717) is 30.5 Å². The molecule has 2 aliphatic rings. The molecule has 22 heavy (non-hydrogen) atoms. The van der Waals surface area contributed by atoms with Crippen LogP contribution in [0.25, 0.3) is 0 Å². The summed E-state index contributed by atoms with van der Waals surface area (Å²) in [7, 11) is 1.80. The Morgan fingerprint density at radius 1 is 1.14 bits per heavy atom. The second-order valence-electron chi connectivity index (χ2n) is 6.71. The first kappa shape index (κ1) is 15.5. The van der Waals surface area contributed by atoms with Crippen LogP contribution in [0, 0.1) is 0 Å². The maximum Gasteiger partial charge on any atom is 0.223 e. The minimum Gasteiger partial charge on any atom is -0.381 e. The van der Waals surface area contributed by atoms with Gasteiger partial charge in [0.2, 0.25) is 5.91 Å². The lowest BCUT2D eigenvalue weighted by Gasteiger charge is -2.38. The van der Waals surface area contributed by atoms with Crippen molar-refractivity contribution in [1.82, 2.24) is 4.90 Å². The summed E-state index contributed by atoms with van der Waals surface area (Å²) in [5.41, 5.74) is 1.37. The number of nitrogens with zero attached hydrogens (tertiary/aromatic N) is 1. The zero-order valence-corrected chi connectivity index (χ0v) is 13.5. The van der Waals surface area contributed by atoms with Gasteiger partial charge in [-0.25, -0.2) is 0 Å². The van der Waals surface area contributed by atoms with Crippen molar-refractivity contribution in [3.8, 4) is 0 Å². The molecule has 2 saturated heterocycles. The molecule has 2 aliphatic heterocycles. The number of hydrogen-bond donors (Lipinski definition) is 0. The Hall–Kier alpha value is -1.35. The van der Waals surface area contributed by atoms with E-state index in [9.17, 15) is 4.79 Å². The average Bonchev–Trinajstić information content (AvgIpc) is 2.82. The molecule has 120 valence electrons. The highest BCUT2D eigenvalue weighted by Crippen LogP contribution is 2.37. The van der Waals surface area contributed by atoms with Crippen molar-refractivity contribution in [2.45, 2.75) is 69.6 Å². The Bertz CT molecular complexity index is 473. The van der Waals surface area contributed by atoms with Gasteiger partial charge in [-0.3, -0.25) is 4.79 Å². The Balaban J connectivity index is 1.43. The quantitative estimate of drug-likeness (QED) is 0.752. The first-order valence-corrected chi connectivity index (χ1v) is 8.66. The topological polar surface area (TPSA) is 29.5 Å². The van der Waals surface area contributed by atoms with E-state index >= 15 is 0 Å². The van der Waals surface area contributed by atoms with Crippen LogP contribution < -0.4 is 0 Å². The molecular weight excluding hydrogens is 274 g/mol. The first-order chi connectivity index (χ1) is 10.8. The zero-order valence-electron chi connectivity index (χ0n) is 13.5. The van der Waals surface area contributed by atoms with E-state index in [4.69, 9.17) is 4.74 Å². The van der Waals surface area contributed by atoms with Crippen LogP contribution in [0.3, 0.4) is 0 Å². The van der Waals surface area contributed by atoms with E-state index in [1.807, 2.05) is 6.07 Å². The molecule has 0 saturated carbocycles. The number of carbonyl (C=O) groups excluding carboxylic acids is 1. The molecule has 3 rings (SSSR count). The number of carbonyl (C=O) groups is 1. The highest BCUT2D eigenvalue weighted by Gasteiger charge is 2.42. The third-order valence-electron chi connectivity index (χ3n) is 5.26. The molecule has 2 bridgehead atoms. The Labute approximate surface area is 133 Å². The third-order valence-corrected chi connectivity index (χ3v) is 5.26. The van der Waals surface area contributed by atoms with Gasteiger partial charge in [-0.15, -0.1) is 0 Å². The van der Waals surface area contributed by atoms with Crippen molar-refractivity contribution in [1.29, 1.82) is 0 Å². The van der Waals surface area contributed by atoms with E-state index in [2.05, 4.69) is 29.2 Å². The highest BCUT2D eigenvalue weighted by atomic mass is 16.5. The number of fused-ring (bicyclic) bond motifs is 2. The SMILES string of the molecule is COC1CC2CCC(C1)N2C(=O)CCCCc1ccccc1. The third kappa shape index (κ3) is 3.52. The molecule has 1 aromatic carbocycles. The van der Waals surface area contributed by atoms with Gasteiger partial charge in [0.15, 0.2) is 0 Å². The van der Waals surface area contributed by atoms with Crippen LogP contribution in [-0.4, -0.2) is 36.1 Å². The van der Waals surface area contributed by atoms with Crippen LogP contribution in [0.15, 0.2) is 30.3 Å². The fourth-order valence-electron chi connectivity index (χ4n) is 4.11. The standard InChI is InChI=1S/C19H27NO2/c1-22-18-13-16-11-12-17(14-18)20(16)19(21)10-6-5-9-15-7-3-2-4-8-15/h2-4,7-8,16-18H,5-6,9-14H2,1H3. The van der Waals surface area contributed by atoms with Crippen LogP contribution in [0.4, 0.5) is 0 Å². The molecule has 3 nitrogen and oxygen atoms in total. The summed E-state index contributed by atoms with van der Waals surface area (Å²) in [6.07, 6.45) is 8.63. The molecule has 0 aromatic heterocycles. The van der Waals surface area contributed by atoms with Crippen molar-refractivity contribution in [3.63, 3.8) is 0 Å². The molecule has 2 atom stereocenters. The molecule has 0 N–H and O–H groups in total. The minimum absolute atomic E-state index is 0.361. The normalized spacial score (nSPS) is 27.1. The van der Waals surface area contributed by atoms with Crippen LogP contribution in [0.5, 0.6) is 0 Å². The lowest BCUT2D eigenvalue weighted by atomic mass is 9.98. The van der Waals surface area contributed by atoms with Gasteiger partial charge in [-0.05, 0) is 50.5 Å². The molecule has 2 heterocycles. The van der Waals surface area contributed by atoms with Gasteiger partial charge in [-0.2, -0.15) is 0 Å². The number of methoxy groups -OCH3 is 1. The summed E-state index contributed by atoms with van der Waals surface area (Å²) in [6.45, 7) is 0. The second kappa shape index (κ2) is 7.28. The van der Waals surface area contributed by atoms with Crippen LogP contribution in [0.2, 0.25) is 0 Å².